The molecule has 0 aliphatic carbocycles. The van der Waals surface area contributed by atoms with Crippen molar-refractivity contribution in [3.63, 3.8) is 0 Å². The molecule has 0 fully saturated rings. The van der Waals surface area contributed by atoms with Crippen LogP contribution in [0, 0.1) is 11.3 Å². The smallest absolute Gasteiger partial charge is 0.331 e. The SMILES string of the molecule is N#CCCN(C(=O)COC(=O)/C=C/c1c(Cl)cccc1Cl)c1ccccc1. The molecule has 0 aromatic heterocycles. The number of esters is 1. The summed E-state index contributed by atoms with van der Waals surface area (Å²) >= 11 is 12.0. The van der Waals surface area contributed by atoms with Crippen molar-refractivity contribution >= 4 is 46.8 Å². The quantitative estimate of drug-likeness (QED) is 0.504. The van der Waals surface area contributed by atoms with Crippen LogP contribution < -0.4 is 4.90 Å². The Kier molecular flexibility index (Phi) is 7.87. The predicted molar refractivity (Wildman–Crippen MR) is 105 cm³/mol. The molecule has 0 bridgehead atoms. The molecule has 0 saturated heterocycles. The van der Waals surface area contributed by atoms with Crippen LogP contribution in [0.25, 0.3) is 6.08 Å². The highest BCUT2D eigenvalue weighted by molar-refractivity contribution is 6.37. The number of anilines is 1. The third kappa shape index (κ3) is 6.14. The summed E-state index contributed by atoms with van der Waals surface area (Å²) < 4.78 is 5.00. The number of nitriles is 1. The molecule has 5 nitrogen and oxygen atoms in total. The second-order valence-corrected chi connectivity index (χ2v) is 6.18. The number of carbonyl (C=O) groups is 2. The fraction of sp³-hybridized carbons (Fsp3) is 0.150. The number of hydrogen-bond acceptors (Lipinski definition) is 4. The van der Waals surface area contributed by atoms with Crippen LogP contribution in [-0.4, -0.2) is 25.0 Å². The molecule has 0 aliphatic rings. The largest absolute Gasteiger partial charge is 0.452 e. The van der Waals surface area contributed by atoms with Gasteiger partial charge in [-0.2, -0.15) is 5.26 Å². The van der Waals surface area contributed by atoms with Crippen molar-refractivity contribution < 1.29 is 14.3 Å². The van der Waals surface area contributed by atoms with Gasteiger partial charge in [0, 0.05) is 33.9 Å². The van der Waals surface area contributed by atoms with Gasteiger partial charge in [0.1, 0.15) is 0 Å². The number of nitrogens with zero attached hydrogens (tertiary/aromatic N) is 2. The van der Waals surface area contributed by atoms with Gasteiger partial charge in [0.25, 0.3) is 5.91 Å². The topological polar surface area (TPSA) is 70.4 Å². The van der Waals surface area contributed by atoms with Crippen LogP contribution in [0.3, 0.4) is 0 Å². The zero-order valence-electron chi connectivity index (χ0n) is 14.3. The minimum Gasteiger partial charge on any atom is -0.452 e. The molecule has 2 aromatic carbocycles. The Morgan fingerprint density at radius 1 is 1.07 bits per heavy atom. The lowest BCUT2D eigenvalue weighted by molar-refractivity contribution is -0.142. The molecule has 0 atom stereocenters. The van der Waals surface area contributed by atoms with Crippen LogP contribution in [0.4, 0.5) is 5.69 Å². The highest BCUT2D eigenvalue weighted by atomic mass is 35.5. The maximum absolute atomic E-state index is 12.4. The summed E-state index contributed by atoms with van der Waals surface area (Å²) in [7, 11) is 0. The summed E-state index contributed by atoms with van der Waals surface area (Å²) in [6.07, 6.45) is 2.75. The third-order valence-electron chi connectivity index (χ3n) is 3.54. The summed E-state index contributed by atoms with van der Waals surface area (Å²) in [6.45, 7) is -0.234. The molecule has 138 valence electrons. The van der Waals surface area contributed by atoms with Crippen molar-refractivity contribution in [3.05, 3.63) is 70.2 Å². The van der Waals surface area contributed by atoms with Gasteiger partial charge < -0.3 is 9.64 Å². The van der Waals surface area contributed by atoms with Crippen LogP contribution in [0.5, 0.6) is 0 Å². The Morgan fingerprint density at radius 3 is 2.37 bits per heavy atom. The first-order valence-electron chi connectivity index (χ1n) is 8.04. The maximum Gasteiger partial charge on any atom is 0.331 e. The second-order valence-electron chi connectivity index (χ2n) is 5.37. The van der Waals surface area contributed by atoms with Gasteiger partial charge in [0.05, 0.1) is 12.5 Å². The van der Waals surface area contributed by atoms with E-state index in [0.717, 1.165) is 6.08 Å². The third-order valence-corrected chi connectivity index (χ3v) is 4.20. The fourth-order valence-electron chi connectivity index (χ4n) is 2.25. The monoisotopic (exact) mass is 402 g/mol. The first-order chi connectivity index (χ1) is 13.0. The highest BCUT2D eigenvalue weighted by Crippen LogP contribution is 2.25. The zero-order chi connectivity index (χ0) is 19.6. The predicted octanol–water partition coefficient (Wildman–Crippen LogP) is 4.50. The molecule has 2 rings (SSSR count). The van der Waals surface area contributed by atoms with Gasteiger partial charge in [-0.15, -0.1) is 0 Å². The molecular weight excluding hydrogens is 387 g/mol. The van der Waals surface area contributed by atoms with Crippen molar-refractivity contribution in [1.82, 2.24) is 0 Å². The van der Waals surface area contributed by atoms with Crippen LogP contribution in [0.15, 0.2) is 54.6 Å². The van der Waals surface area contributed by atoms with Crippen molar-refractivity contribution in [1.29, 1.82) is 5.26 Å². The summed E-state index contributed by atoms with van der Waals surface area (Å²) in [5.41, 5.74) is 1.12. The number of ether oxygens (including phenoxy) is 1. The minimum atomic E-state index is -0.701. The number of hydrogen-bond donors (Lipinski definition) is 0. The van der Waals surface area contributed by atoms with E-state index in [4.69, 9.17) is 33.2 Å². The Balaban J connectivity index is 1.99. The number of benzene rings is 2. The van der Waals surface area contributed by atoms with Crippen LogP contribution in [0.1, 0.15) is 12.0 Å². The number of halogens is 2. The first kappa shape index (κ1) is 20.5. The van der Waals surface area contributed by atoms with Gasteiger partial charge in [-0.1, -0.05) is 47.5 Å². The van der Waals surface area contributed by atoms with Crippen molar-refractivity contribution in [2.75, 3.05) is 18.1 Å². The Bertz CT molecular complexity index is 856. The molecule has 0 heterocycles. The number of rotatable bonds is 7. The summed E-state index contributed by atoms with van der Waals surface area (Å²) in [5, 5.41) is 9.58. The Morgan fingerprint density at radius 2 is 1.74 bits per heavy atom. The number of carbonyl (C=O) groups excluding carboxylic acids is 2. The molecule has 27 heavy (non-hydrogen) atoms. The molecule has 2 aromatic rings. The summed E-state index contributed by atoms with van der Waals surface area (Å²) in [5.74, 6) is -1.12. The van der Waals surface area contributed by atoms with Crippen molar-refractivity contribution in [3.8, 4) is 6.07 Å². The van der Waals surface area contributed by atoms with Crippen LogP contribution in [0.2, 0.25) is 10.0 Å². The van der Waals surface area contributed by atoms with E-state index in [9.17, 15) is 9.59 Å². The van der Waals surface area contributed by atoms with Gasteiger partial charge in [0.15, 0.2) is 6.61 Å². The Labute approximate surface area is 167 Å². The van der Waals surface area contributed by atoms with E-state index < -0.39 is 18.5 Å². The number of amides is 1. The average Bonchev–Trinajstić information content (AvgIpc) is 2.67. The van der Waals surface area contributed by atoms with Crippen molar-refractivity contribution in [2.24, 2.45) is 0 Å². The van der Waals surface area contributed by atoms with E-state index in [1.54, 1.807) is 42.5 Å². The van der Waals surface area contributed by atoms with E-state index in [2.05, 4.69) is 0 Å². The van der Waals surface area contributed by atoms with Gasteiger partial charge >= 0.3 is 5.97 Å². The van der Waals surface area contributed by atoms with Gasteiger partial charge in [-0.25, -0.2) is 4.79 Å². The lowest BCUT2D eigenvalue weighted by Gasteiger charge is -2.21. The molecule has 0 aliphatic heterocycles. The lowest BCUT2D eigenvalue weighted by Crippen LogP contribution is -2.35. The van der Waals surface area contributed by atoms with E-state index >= 15 is 0 Å². The average molecular weight is 403 g/mol. The van der Waals surface area contributed by atoms with E-state index in [1.165, 1.54) is 11.0 Å². The van der Waals surface area contributed by atoms with Gasteiger partial charge in [-0.3, -0.25) is 4.79 Å². The van der Waals surface area contributed by atoms with E-state index in [-0.39, 0.29) is 13.0 Å². The minimum absolute atomic E-state index is 0.166. The normalized spacial score (nSPS) is 10.4. The fourth-order valence-corrected chi connectivity index (χ4v) is 2.77. The summed E-state index contributed by atoms with van der Waals surface area (Å²) in [4.78, 5) is 25.7. The molecule has 0 spiro atoms. The lowest BCUT2D eigenvalue weighted by atomic mass is 10.2. The number of para-hydroxylation sites is 1. The first-order valence-corrected chi connectivity index (χ1v) is 8.79. The zero-order valence-corrected chi connectivity index (χ0v) is 15.8. The molecule has 0 unspecified atom stereocenters. The molecule has 0 saturated carbocycles. The van der Waals surface area contributed by atoms with Crippen LogP contribution >= 0.6 is 23.2 Å². The highest BCUT2D eigenvalue weighted by Gasteiger charge is 2.16. The molecule has 0 N–H and O–H groups in total. The Hall–Kier alpha value is -2.81. The maximum atomic E-state index is 12.4. The summed E-state index contributed by atoms with van der Waals surface area (Å²) in [6, 6.07) is 15.9. The van der Waals surface area contributed by atoms with Gasteiger partial charge in [0.2, 0.25) is 0 Å². The molecule has 1 amide bonds. The van der Waals surface area contributed by atoms with E-state index in [0.29, 0.717) is 21.3 Å². The molecule has 7 heteroatoms. The van der Waals surface area contributed by atoms with Crippen LogP contribution in [-0.2, 0) is 14.3 Å². The second kappa shape index (κ2) is 10.4. The van der Waals surface area contributed by atoms with E-state index in [1.807, 2.05) is 12.1 Å². The van der Waals surface area contributed by atoms with Crippen molar-refractivity contribution in [2.45, 2.75) is 6.42 Å². The standard InChI is InChI=1S/C20H16Cl2N2O3/c21-17-8-4-9-18(22)16(17)10-11-20(26)27-14-19(25)24(13-5-12-23)15-6-2-1-3-7-15/h1-4,6-11H,5,13-14H2/b11-10+. The molecular formula is C20H16Cl2N2O3. The molecule has 0 radical (unpaired) electrons. The van der Waals surface area contributed by atoms with Gasteiger partial charge in [-0.05, 0) is 30.3 Å².